The first-order valence-electron chi connectivity index (χ1n) is 6.43. The molecule has 112 valence electrons. The van der Waals surface area contributed by atoms with E-state index in [1.165, 1.54) is 6.07 Å². The van der Waals surface area contributed by atoms with Crippen LogP contribution in [0.4, 0.5) is 4.39 Å². The maximum Gasteiger partial charge on any atom is 0.133 e. The van der Waals surface area contributed by atoms with Gasteiger partial charge in [-0.1, -0.05) is 24.3 Å². The van der Waals surface area contributed by atoms with Gasteiger partial charge >= 0.3 is 0 Å². The summed E-state index contributed by atoms with van der Waals surface area (Å²) in [6.07, 6.45) is 0. The fourth-order valence-electron chi connectivity index (χ4n) is 1.89. The van der Waals surface area contributed by atoms with E-state index in [1.54, 1.807) is 25.3 Å². The van der Waals surface area contributed by atoms with E-state index in [4.69, 9.17) is 21.1 Å². The lowest BCUT2D eigenvalue weighted by molar-refractivity contribution is 0.146. The average Bonchev–Trinajstić information content (AvgIpc) is 2.49. The average molecular weight is 374 g/mol. The highest BCUT2D eigenvalue weighted by Crippen LogP contribution is 2.35. The van der Waals surface area contributed by atoms with Crippen molar-refractivity contribution in [3.8, 4) is 5.75 Å². The number of hydrogen-bond donors (Lipinski definition) is 0. The van der Waals surface area contributed by atoms with Crippen molar-refractivity contribution in [3.05, 3.63) is 63.9 Å². The summed E-state index contributed by atoms with van der Waals surface area (Å²) in [5, 5.41) is -0.546. The van der Waals surface area contributed by atoms with E-state index in [-0.39, 0.29) is 5.82 Å². The second-order valence-electron chi connectivity index (χ2n) is 4.42. The summed E-state index contributed by atoms with van der Waals surface area (Å²) in [4.78, 5) is 0. The number of rotatable bonds is 6. The lowest BCUT2D eigenvalue weighted by Gasteiger charge is -2.14. The van der Waals surface area contributed by atoms with E-state index < -0.39 is 5.38 Å². The fourth-order valence-corrected chi connectivity index (χ4v) is 2.71. The van der Waals surface area contributed by atoms with Gasteiger partial charge in [0, 0.05) is 12.7 Å². The largest absolute Gasteiger partial charge is 0.490 e. The number of benzene rings is 2. The third-order valence-corrected chi connectivity index (χ3v) is 4.08. The van der Waals surface area contributed by atoms with Crippen molar-refractivity contribution in [2.24, 2.45) is 0 Å². The van der Waals surface area contributed by atoms with Gasteiger partial charge in [0.2, 0.25) is 0 Å². The van der Waals surface area contributed by atoms with Crippen molar-refractivity contribution < 1.29 is 13.9 Å². The second-order valence-corrected chi connectivity index (χ2v) is 5.71. The second kappa shape index (κ2) is 7.78. The number of halogens is 3. The summed E-state index contributed by atoms with van der Waals surface area (Å²) < 4.78 is 25.0. The van der Waals surface area contributed by atoms with Gasteiger partial charge in [0.25, 0.3) is 0 Å². The van der Waals surface area contributed by atoms with Crippen molar-refractivity contribution in [1.29, 1.82) is 0 Å². The minimum absolute atomic E-state index is 0.311. The first-order chi connectivity index (χ1) is 10.1. The molecule has 1 atom stereocenters. The molecular formula is C16H15BrClFO2. The van der Waals surface area contributed by atoms with Crippen LogP contribution in [0.2, 0.25) is 0 Å². The maximum atomic E-state index is 13.8. The first kappa shape index (κ1) is 16.3. The van der Waals surface area contributed by atoms with Crippen molar-refractivity contribution in [1.82, 2.24) is 0 Å². The van der Waals surface area contributed by atoms with Crippen LogP contribution in [0.15, 0.2) is 46.9 Å². The summed E-state index contributed by atoms with van der Waals surface area (Å²) in [5.74, 6) is 0.391. The van der Waals surface area contributed by atoms with Crippen molar-refractivity contribution >= 4 is 27.5 Å². The lowest BCUT2D eigenvalue weighted by Crippen LogP contribution is -2.05. The molecule has 0 spiro atoms. The van der Waals surface area contributed by atoms with Crippen LogP contribution in [0.3, 0.4) is 0 Å². The number of hydrogen-bond acceptors (Lipinski definition) is 2. The number of ether oxygens (including phenoxy) is 2. The third kappa shape index (κ3) is 4.19. The molecule has 0 saturated heterocycles. The van der Waals surface area contributed by atoms with Crippen LogP contribution in [0, 0.1) is 5.82 Å². The molecule has 0 amide bonds. The van der Waals surface area contributed by atoms with Gasteiger partial charge in [0.15, 0.2) is 0 Å². The van der Waals surface area contributed by atoms with Gasteiger partial charge in [-0.15, -0.1) is 11.6 Å². The molecule has 2 rings (SSSR count). The molecule has 0 saturated carbocycles. The Hall–Kier alpha value is -1.10. The summed E-state index contributed by atoms with van der Waals surface area (Å²) in [6, 6.07) is 12.0. The standard InChI is InChI=1S/C16H15BrClFO2/c1-20-8-9-21-15-7-6-11(10-13(15)17)16(18)12-4-2-3-5-14(12)19/h2-7,10,16H,8-9H2,1H3. The van der Waals surface area contributed by atoms with Gasteiger partial charge in [-0.25, -0.2) is 4.39 Å². The molecule has 0 bridgehead atoms. The topological polar surface area (TPSA) is 18.5 Å². The molecule has 0 aromatic heterocycles. The zero-order valence-electron chi connectivity index (χ0n) is 11.5. The minimum atomic E-state index is -0.546. The summed E-state index contributed by atoms with van der Waals surface area (Å²) >= 11 is 9.81. The monoisotopic (exact) mass is 372 g/mol. The Morgan fingerprint density at radius 2 is 1.95 bits per heavy atom. The molecule has 0 heterocycles. The van der Waals surface area contributed by atoms with Crippen molar-refractivity contribution in [3.63, 3.8) is 0 Å². The van der Waals surface area contributed by atoms with Gasteiger partial charge in [-0.05, 0) is 39.7 Å². The predicted molar refractivity (Wildman–Crippen MR) is 85.6 cm³/mol. The van der Waals surface area contributed by atoms with Gasteiger partial charge in [0.1, 0.15) is 18.2 Å². The Balaban J connectivity index is 2.18. The smallest absolute Gasteiger partial charge is 0.133 e. The SMILES string of the molecule is COCCOc1ccc(C(Cl)c2ccccc2F)cc1Br. The molecule has 2 nitrogen and oxygen atoms in total. The molecule has 0 fully saturated rings. The molecule has 21 heavy (non-hydrogen) atoms. The van der Waals surface area contributed by atoms with Crippen LogP contribution in [0.5, 0.6) is 5.75 Å². The van der Waals surface area contributed by atoms with Crippen LogP contribution in [0.25, 0.3) is 0 Å². The zero-order chi connectivity index (χ0) is 15.2. The maximum absolute atomic E-state index is 13.8. The summed E-state index contributed by atoms with van der Waals surface area (Å²) in [5.41, 5.74) is 1.26. The first-order valence-corrected chi connectivity index (χ1v) is 7.66. The number of alkyl halides is 1. The van der Waals surface area contributed by atoms with E-state index in [0.717, 1.165) is 10.0 Å². The molecule has 0 aliphatic carbocycles. The van der Waals surface area contributed by atoms with E-state index in [2.05, 4.69) is 15.9 Å². The van der Waals surface area contributed by atoms with Crippen molar-refractivity contribution in [2.75, 3.05) is 20.3 Å². The zero-order valence-corrected chi connectivity index (χ0v) is 13.8. The normalized spacial score (nSPS) is 12.2. The molecule has 0 aliphatic heterocycles. The molecule has 0 radical (unpaired) electrons. The number of methoxy groups -OCH3 is 1. The Labute approximate surface area is 137 Å². The summed E-state index contributed by atoms with van der Waals surface area (Å²) in [6.45, 7) is 0.980. The Bertz CT molecular complexity index is 607. The fraction of sp³-hybridized carbons (Fsp3) is 0.250. The van der Waals surface area contributed by atoms with Gasteiger partial charge in [-0.3, -0.25) is 0 Å². The predicted octanol–water partition coefficient (Wildman–Crippen LogP) is 4.94. The van der Waals surface area contributed by atoms with Crippen molar-refractivity contribution in [2.45, 2.75) is 5.38 Å². The molecule has 2 aromatic carbocycles. The van der Waals surface area contributed by atoms with Crippen LogP contribution in [-0.4, -0.2) is 20.3 Å². The molecule has 2 aromatic rings. The van der Waals surface area contributed by atoms with E-state index in [0.29, 0.717) is 24.5 Å². The molecule has 1 unspecified atom stereocenters. The van der Waals surface area contributed by atoms with Crippen LogP contribution in [-0.2, 0) is 4.74 Å². The van der Waals surface area contributed by atoms with E-state index in [1.807, 2.05) is 18.2 Å². The molecular weight excluding hydrogens is 359 g/mol. The highest BCUT2D eigenvalue weighted by atomic mass is 79.9. The minimum Gasteiger partial charge on any atom is -0.490 e. The Morgan fingerprint density at radius 1 is 1.19 bits per heavy atom. The highest BCUT2D eigenvalue weighted by Gasteiger charge is 2.16. The molecule has 0 N–H and O–H groups in total. The van der Waals surface area contributed by atoms with Gasteiger partial charge in [-0.2, -0.15) is 0 Å². The Morgan fingerprint density at radius 3 is 2.62 bits per heavy atom. The molecule has 5 heteroatoms. The highest BCUT2D eigenvalue weighted by molar-refractivity contribution is 9.10. The third-order valence-electron chi connectivity index (χ3n) is 2.97. The van der Waals surface area contributed by atoms with Gasteiger partial charge in [0.05, 0.1) is 16.5 Å². The quantitative estimate of drug-likeness (QED) is 0.527. The van der Waals surface area contributed by atoms with Crippen LogP contribution < -0.4 is 4.74 Å². The van der Waals surface area contributed by atoms with E-state index in [9.17, 15) is 4.39 Å². The van der Waals surface area contributed by atoms with Gasteiger partial charge < -0.3 is 9.47 Å². The Kier molecular flexibility index (Phi) is 6.03. The summed E-state index contributed by atoms with van der Waals surface area (Å²) in [7, 11) is 1.62. The van der Waals surface area contributed by atoms with Crippen LogP contribution >= 0.6 is 27.5 Å². The lowest BCUT2D eigenvalue weighted by atomic mass is 10.0. The molecule has 0 aliphatic rings. The van der Waals surface area contributed by atoms with Crippen LogP contribution in [0.1, 0.15) is 16.5 Å². The van der Waals surface area contributed by atoms with E-state index >= 15 is 0 Å².